The number of nitrogens with two attached hydrogens (primary N) is 1. The fourth-order valence-electron chi connectivity index (χ4n) is 3.29. The molecule has 3 saturated heterocycles. The zero-order valence-corrected chi connectivity index (χ0v) is 9.78. The molecule has 0 atom stereocenters. The first-order chi connectivity index (χ1) is 7.82. The summed E-state index contributed by atoms with van der Waals surface area (Å²) >= 11 is 0. The summed E-state index contributed by atoms with van der Waals surface area (Å²) in [7, 11) is 0. The maximum Gasteiger partial charge on any atom is 0.0178 e. The third-order valence-electron chi connectivity index (χ3n) is 4.49. The molecule has 3 aliphatic rings. The highest BCUT2D eigenvalue weighted by Gasteiger charge is 2.40. The Hall–Kier alpha value is -0.860. The Labute approximate surface area is 97.4 Å². The Kier molecular flexibility index (Phi) is 2.49. The molecule has 4 rings (SSSR count). The van der Waals surface area contributed by atoms with Gasteiger partial charge in [-0.15, -0.1) is 0 Å². The van der Waals surface area contributed by atoms with Gasteiger partial charge in [-0.1, -0.05) is 24.3 Å². The van der Waals surface area contributed by atoms with E-state index in [0.29, 0.717) is 12.0 Å². The third-order valence-corrected chi connectivity index (χ3v) is 4.49. The minimum atomic E-state index is 0.472. The van der Waals surface area contributed by atoms with Gasteiger partial charge < -0.3 is 10.6 Å². The molecule has 16 heavy (non-hydrogen) atoms. The SMILES string of the molecule is NCc1cccc(C23CCN(CC2)CC3)c1. The summed E-state index contributed by atoms with van der Waals surface area (Å²) in [4.78, 5) is 2.59. The molecule has 0 aliphatic carbocycles. The van der Waals surface area contributed by atoms with E-state index in [9.17, 15) is 0 Å². The maximum absolute atomic E-state index is 5.73. The number of hydrogen-bond donors (Lipinski definition) is 1. The molecule has 3 heterocycles. The highest BCUT2D eigenvalue weighted by molar-refractivity contribution is 5.32. The summed E-state index contributed by atoms with van der Waals surface area (Å²) < 4.78 is 0. The van der Waals surface area contributed by atoms with Gasteiger partial charge in [0.15, 0.2) is 0 Å². The Balaban J connectivity index is 1.94. The number of benzene rings is 1. The molecule has 0 saturated carbocycles. The zero-order valence-electron chi connectivity index (χ0n) is 9.78. The fourth-order valence-corrected chi connectivity index (χ4v) is 3.29. The summed E-state index contributed by atoms with van der Waals surface area (Å²) in [5.74, 6) is 0. The summed E-state index contributed by atoms with van der Waals surface area (Å²) in [5.41, 5.74) is 9.02. The van der Waals surface area contributed by atoms with Gasteiger partial charge in [0.2, 0.25) is 0 Å². The van der Waals surface area contributed by atoms with E-state index in [2.05, 4.69) is 29.2 Å². The molecule has 0 amide bonds. The van der Waals surface area contributed by atoms with Crippen molar-refractivity contribution in [2.45, 2.75) is 31.2 Å². The third kappa shape index (κ3) is 1.57. The second-order valence-electron chi connectivity index (χ2n) is 5.28. The molecule has 0 aromatic heterocycles. The van der Waals surface area contributed by atoms with E-state index in [-0.39, 0.29) is 0 Å². The average Bonchev–Trinajstić information content (AvgIpc) is 2.41. The van der Waals surface area contributed by atoms with Gasteiger partial charge in [0.1, 0.15) is 0 Å². The normalized spacial score (nSPS) is 32.9. The number of piperidine rings is 3. The summed E-state index contributed by atoms with van der Waals surface area (Å²) in [6.45, 7) is 4.52. The molecule has 1 aromatic carbocycles. The molecular weight excluding hydrogens is 196 g/mol. The van der Waals surface area contributed by atoms with Crippen LogP contribution in [0.5, 0.6) is 0 Å². The fraction of sp³-hybridized carbons (Fsp3) is 0.571. The van der Waals surface area contributed by atoms with Crippen molar-refractivity contribution in [2.75, 3.05) is 19.6 Å². The Morgan fingerprint density at radius 3 is 2.44 bits per heavy atom. The Morgan fingerprint density at radius 2 is 1.81 bits per heavy atom. The maximum atomic E-state index is 5.73. The van der Waals surface area contributed by atoms with Crippen LogP contribution < -0.4 is 5.73 Å². The van der Waals surface area contributed by atoms with Gasteiger partial charge in [-0.05, 0) is 55.4 Å². The minimum Gasteiger partial charge on any atom is -0.326 e. The van der Waals surface area contributed by atoms with Crippen molar-refractivity contribution >= 4 is 0 Å². The van der Waals surface area contributed by atoms with E-state index < -0.39 is 0 Å². The van der Waals surface area contributed by atoms with Gasteiger partial charge in [-0.25, -0.2) is 0 Å². The van der Waals surface area contributed by atoms with E-state index in [0.717, 1.165) is 0 Å². The monoisotopic (exact) mass is 216 g/mol. The lowest BCUT2D eigenvalue weighted by atomic mass is 9.67. The van der Waals surface area contributed by atoms with Gasteiger partial charge in [0.25, 0.3) is 0 Å². The first kappa shape index (κ1) is 10.3. The van der Waals surface area contributed by atoms with Crippen molar-refractivity contribution in [3.05, 3.63) is 35.4 Å². The van der Waals surface area contributed by atoms with Crippen molar-refractivity contribution in [3.8, 4) is 0 Å². The van der Waals surface area contributed by atoms with Crippen LogP contribution >= 0.6 is 0 Å². The van der Waals surface area contributed by atoms with Crippen molar-refractivity contribution in [3.63, 3.8) is 0 Å². The first-order valence-electron chi connectivity index (χ1n) is 6.34. The van der Waals surface area contributed by atoms with E-state index in [1.807, 2.05) is 0 Å². The molecule has 2 bridgehead atoms. The number of rotatable bonds is 2. The molecule has 86 valence electrons. The average molecular weight is 216 g/mol. The largest absolute Gasteiger partial charge is 0.326 e. The molecule has 0 spiro atoms. The molecule has 3 aliphatic heterocycles. The van der Waals surface area contributed by atoms with Gasteiger partial charge in [0, 0.05) is 6.54 Å². The lowest BCUT2D eigenvalue weighted by Crippen LogP contribution is -2.50. The lowest BCUT2D eigenvalue weighted by molar-refractivity contribution is 0.0817. The summed E-state index contributed by atoms with van der Waals surface area (Å²) in [5, 5.41) is 0. The van der Waals surface area contributed by atoms with E-state index >= 15 is 0 Å². The quantitative estimate of drug-likeness (QED) is 0.818. The van der Waals surface area contributed by atoms with Crippen LogP contribution in [0.15, 0.2) is 24.3 Å². The molecule has 0 unspecified atom stereocenters. The van der Waals surface area contributed by atoms with Crippen LogP contribution in [0.3, 0.4) is 0 Å². The molecule has 1 aromatic rings. The molecule has 2 nitrogen and oxygen atoms in total. The van der Waals surface area contributed by atoms with Crippen molar-refractivity contribution in [1.29, 1.82) is 0 Å². The minimum absolute atomic E-state index is 0.472. The Bertz CT molecular complexity index is 364. The van der Waals surface area contributed by atoms with Crippen molar-refractivity contribution in [1.82, 2.24) is 4.90 Å². The molecule has 2 heteroatoms. The van der Waals surface area contributed by atoms with Gasteiger partial charge >= 0.3 is 0 Å². The first-order valence-corrected chi connectivity index (χ1v) is 6.34. The zero-order chi connectivity index (χ0) is 11.0. The van der Waals surface area contributed by atoms with Crippen LogP contribution in [0, 0.1) is 0 Å². The summed E-state index contributed by atoms with van der Waals surface area (Å²) in [6.07, 6.45) is 4.00. The van der Waals surface area contributed by atoms with Gasteiger partial charge in [-0.2, -0.15) is 0 Å². The van der Waals surface area contributed by atoms with Crippen LogP contribution in [-0.4, -0.2) is 24.5 Å². The number of nitrogens with zero attached hydrogens (tertiary/aromatic N) is 1. The van der Waals surface area contributed by atoms with Crippen molar-refractivity contribution in [2.24, 2.45) is 5.73 Å². The second kappa shape index (κ2) is 3.86. The summed E-state index contributed by atoms with van der Waals surface area (Å²) in [6, 6.07) is 8.95. The van der Waals surface area contributed by atoms with Crippen LogP contribution in [-0.2, 0) is 12.0 Å². The standard InChI is InChI=1S/C14H20N2/c15-11-12-2-1-3-13(10-12)14-4-7-16(8-5-14)9-6-14/h1-3,10H,4-9,11,15H2. The highest BCUT2D eigenvalue weighted by Crippen LogP contribution is 2.42. The molecule has 2 N–H and O–H groups in total. The van der Waals surface area contributed by atoms with E-state index in [1.165, 1.54) is 50.0 Å². The van der Waals surface area contributed by atoms with E-state index in [4.69, 9.17) is 5.73 Å². The molecule has 3 fully saturated rings. The van der Waals surface area contributed by atoms with Crippen LogP contribution in [0.2, 0.25) is 0 Å². The predicted octanol–water partition coefficient (Wildman–Crippen LogP) is 1.88. The molecule has 0 radical (unpaired) electrons. The lowest BCUT2D eigenvalue weighted by Gasteiger charge is -2.49. The smallest absolute Gasteiger partial charge is 0.0178 e. The van der Waals surface area contributed by atoms with Crippen LogP contribution in [0.1, 0.15) is 30.4 Å². The van der Waals surface area contributed by atoms with Gasteiger partial charge in [0.05, 0.1) is 0 Å². The predicted molar refractivity (Wildman–Crippen MR) is 66.3 cm³/mol. The van der Waals surface area contributed by atoms with E-state index in [1.54, 1.807) is 0 Å². The van der Waals surface area contributed by atoms with Gasteiger partial charge in [-0.3, -0.25) is 0 Å². The van der Waals surface area contributed by atoms with Crippen LogP contribution in [0.25, 0.3) is 0 Å². The number of hydrogen-bond acceptors (Lipinski definition) is 2. The number of fused-ring (bicyclic) bond motifs is 3. The Morgan fingerprint density at radius 1 is 1.12 bits per heavy atom. The van der Waals surface area contributed by atoms with Crippen molar-refractivity contribution < 1.29 is 0 Å². The topological polar surface area (TPSA) is 29.3 Å². The highest BCUT2D eigenvalue weighted by atomic mass is 15.1. The molecular formula is C14H20N2. The second-order valence-corrected chi connectivity index (χ2v) is 5.28. The van der Waals surface area contributed by atoms with Crippen LogP contribution in [0.4, 0.5) is 0 Å².